The second-order valence-electron chi connectivity index (χ2n) is 6.60. The van der Waals surface area contributed by atoms with E-state index in [4.69, 9.17) is 14.2 Å². The third-order valence-electron chi connectivity index (χ3n) is 4.45. The molecule has 1 fully saturated rings. The molecule has 28 heavy (non-hydrogen) atoms. The molecule has 1 atom stereocenters. The Kier molecular flexibility index (Phi) is 6.03. The summed E-state index contributed by atoms with van der Waals surface area (Å²) in [5.41, 5.74) is 0.586. The number of nitrogens with zero attached hydrogens (tertiary/aromatic N) is 4. The number of urea groups is 1. The van der Waals surface area contributed by atoms with E-state index in [0.29, 0.717) is 36.2 Å². The van der Waals surface area contributed by atoms with Gasteiger partial charge in [-0.15, -0.1) is 10.2 Å². The lowest BCUT2D eigenvalue weighted by molar-refractivity contribution is 0.188. The SMILES string of the molecule is COc1ccc(NC(=O)N2CCC(Oc3ccc(N(C)C)nn3)C2)c(OC)c1. The molecule has 2 heterocycles. The highest BCUT2D eigenvalue weighted by Gasteiger charge is 2.28. The van der Waals surface area contributed by atoms with Gasteiger partial charge in [-0.3, -0.25) is 0 Å². The minimum atomic E-state index is -0.205. The second kappa shape index (κ2) is 8.64. The van der Waals surface area contributed by atoms with Gasteiger partial charge in [0.1, 0.15) is 17.6 Å². The van der Waals surface area contributed by atoms with Crippen molar-refractivity contribution < 1.29 is 19.0 Å². The summed E-state index contributed by atoms with van der Waals surface area (Å²) in [6.45, 7) is 1.07. The number of rotatable bonds is 6. The maximum atomic E-state index is 12.6. The molecule has 3 rings (SSSR count). The van der Waals surface area contributed by atoms with Gasteiger partial charge < -0.3 is 29.3 Å². The minimum Gasteiger partial charge on any atom is -0.497 e. The van der Waals surface area contributed by atoms with Crippen LogP contribution in [0.15, 0.2) is 30.3 Å². The number of anilines is 2. The molecule has 1 aromatic heterocycles. The Morgan fingerprint density at radius 3 is 2.64 bits per heavy atom. The molecule has 9 nitrogen and oxygen atoms in total. The van der Waals surface area contributed by atoms with Gasteiger partial charge >= 0.3 is 6.03 Å². The molecule has 0 radical (unpaired) electrons. The molecule has 0 aliphatic carbocycles. The molecule has 2 aromatic rings. The third kappa shape index (κ3) is 4.54. The summed E-state index contributed by atoms with van der Waals surface area (Å²) in [6, 6.07) is 8.67. The number of hydrogen-bond donors (Lipinski definition) is 1. The fourth-order valence-corrected chi connectivity index (χ4v) is 2.89. The van der Waals surface area contributed by atoms with E-state index in [1.807, 2.05) is 25.1 Å². The molecule has 0 bridgehead atoms. The zero-order valence-corrected chi connectivity index (χ0v) is 16.5. The van der Waals surface area contributed by atoms with Crippen molar-refractivity contribution in [1.82, 2.24) is 15.1 Å². The predicted octanol–water partition coefficient (Wildman–Crippen LogP) is 2.25. The second-order valence-corrected chi connectivity index (χ2v) is 6.60. The summed E-state index contributed by atoms with van der Waals surface area (Å²) in [5, 5.41) is 11.1. The standard InChI is InChI=1S/C19H25N5O4/c1-23(2)17-7-8-18(22-21-17)28-14-9-10-24(12-14)19(25)20-15-6-5-13(26-3)11-16(15)27-4/h5-8,11,14H,9-10,12H2,1-4H3,(H,20,25). The van der Waals surface area contributed by atoms with Crippen molar-refractivity contribution in [3.05, 3.63) is 30.3 Å². The molecule has 1 N–H and O–H groups in total. The van der Waals surface area contributed by atoms with Crippen molar-refractivity contribution in [2.45, 2.75) is 12.5 Å². The molecule has 0 spiro atoms. The van der Waals surface area contributed by atoms with Crippen molar-refractivity contribution in [2.24, 2.45) is 0 Å². The number of carbonyl (C=O) groups excluding carboxylic acids is 1. The van der Waals surface area contributed by atoms with Crippen molar-refractivity contribution >= 4 is 17.5 Å². The maximum absolute atomic E-state index is 12.6. The molecule has 2 amide bonds. The Morgan fingerprint density at radius 2 is 2.00 bits per heavy atom. The van der Waals surface area contributed by atoms with Gasteiger partial charge in [-0.2, -0.15) is 0 Å². The van der Waals surface area contributed by atoms with Gasteiger partial charge in [0, 0.05) is 39.2 Å². The highest BCUT2D eigenvalue weighted by atomic mass is 16.5. The molecular weight excluding hydrogens is 362 g/mol. The Hall–Kier alpha value is -3.23. The Balaban J connectivity index is 1.57. The van der Waals surface area contributed by atoms with Crippen LogP contribution in [0.3, 0.4) is 0 Å². The van der Waals surface area contributed by atoms with Crippen LogP contribution in [0.4, 0.5) is 16.3 Å². The monoisotopic (exact) mass is 387 g/mol. The fraction of sp³-hybridized carbons (Fsp3) is 0.421. The van der Waals surface area contributed by atoms with Crippen molar-refractivity contribution in [3.8, 4) is 17.4 Å². The summed E-state index contributed by atoms with van der Waals surface area (Å²) >= 11 is 0. The maximum Gasteiger partial charge on any atom is 0.322 e. The zero-order chi connectivity index (χ0) is 20.1. The van der Waals surface area contributed by atoms with Crippen LogP contribution >= 0.6 is 0 Å². The first-order valence-corrected chi connectivity index (χ1v) is 8.96. The van der Waals surface area contributed by atoms with E-state index in [9.17, 15) is 4.79 Å². The lowest BCUT2D eigenvalue weighted by Gasteiger charge is -2.19. The van der Waals surface area contributed by atoms with Crippen LogP contribution < -0.4 is 24.4 Å². The molecule has 0 saturated carbocycles. The van der Waals surface area contributed by atoms with Crippen LogP contribution in [0.5, 0.6) is 17.4 Å². The van der Waals surface area contributed by atoms with E-state index >= 15 is 0 Å². The van der Waals surface area contributed by atoms with Crippen LogP contribution in [0.1, 0.15) is 6.42 Å². The Bertz CT molecular complexity index is 812. The lowest BCUT2D eigenvalue weighted by atomic mass is 10.2. The first kappa shape index (κ1) is 19.5. The van der Waals surface area contributed by atoms with Crippen LogP contribution in [-0.2, 0) is 0 Å². The van der Waals surface area contributed by atoms with E-state index in [-0.39, 0.29) is 12.1 Å². The summed E-state index contributed by atoms with van der Waals surface area (Å²) < 4.78 is 16.4. The van der Waals surface area contributed by atoms with Crippen LogP contribution in [0.2, 0.25) is 0 Å². The summed E-state index contributed by atoms with van der Waals surface area (Å²) in [5.74, 6) is 2.41. The summed E-state index contributed by atoms with van der Waals surface area (Å²) in [4.78, 5) is 16.2. The van der Waals surface area contributed by atoms with Gasteiger partial charge in [0.2, 0.25) is 5.88 Å². The number of hydrogen-bond acceptors (Lipinski definition) is 7. The van der Waals surface area contributed by atoms with Crippen molar-refractivity contribution in [3.63, 3.8) is 0 Å². The summed E-state index contributed by atoms with van der Waals surface area (Å²) in [7, 11) is 6.92. The van der Waals surface area contributed by atoms with E-state index in [2.05, 4.69) is 15.5 Å². The smallest absolute Gasteiger partial charge is 0.322 e. The number of amides is 2. The van der Waals surface area contributed by atoms with Gasteiger partial charge in [0.15, 0.2) is 5.82 Å². The molecule has 9 heteroatoms. The molecule has 1 aliphatic heterocycles. The van der Waals surface area contributed by atoms with Crippen LogP contribution in [0, 0.1) is 0 Å². The molecule has 1 saturated heterocycles. The largest absolute Gasteiger partial charge is 0.497 e. The number of likely N-dealkylation sites (tertiary alicyclic amines) is 1. The third-order valence-corrected chi connectivity index (χ3v) is 4.45. The Labute approximate surface area is 164 Å². The van der Waals surface area contributed by atoms with Gasteiger partial charge in [-0.25, -0.2) is 4.79 Å². The molecule has 1 aromatic carbocycles. The first-order valence-electron chi connectivity index (χ1n) is 8.96. The van der Waals surface area contributed by atoms with Gasteiger partial charge in [0.25, 0.3) is 0 Å². The van der Waals surface area contributed by atoms with Crippen LogP contribution in [-0.4, -0.2) is 68.6 Å². The van der Waals surface area contributed by atoms with E-state index < -0.39 is 0 Å². The fourth-order valence-electron chi connectivity index (χ4n) is 2.89. The molecular formula is C19H25N5O4. The number of aromatic nitrogens is 2. The lowest BCUT2D eigenvalue weighted by Crippen LogP contribution is -2.34. The van der Waals surface area contributed by atoms with Gasteiger partial charge in [-0.1, -0.05) is 0 Å². The van der Waals surface area contributed by atoms with E-state index in [1.54, 1.807) is 43.4 Å². The van der Waals surface area contributed by atoms with E-state index in [1.165, 1.54) is 0 Å². The minimum absolute atomic E-state index is 0.122. The molecule has 150 valence electrons. The van der Waals surface area contributed by atoms with Crippen molar-refractivity contribution in [1.29, 1.82) is 0 Å². The van der Waals surface area contributed by atoms with Crippen LogP contribution in [0.25, 0.3) is 0 Å². The number of nitrogens with one attached hydrogen (secondary N) is 1. The highest BCUT2D eigenvalue weighted by molar-refractivity contribution is 5.91. The van der Waals surface area contributed by atoms with E-state index in [0.717, 1.165) is 12.2 Å². The first-order chi connectivity index (χ1) is 13.5. The van der Waals surface area contributed by atoms with Gasteiger partial charge in [0.05, 0.1) is 26.5 Å². The van der Waals surface area contributed by atoms with Gasteiger partial charge in [-0.05, 0) is 18.2 Å². The quantitative estimate of drug-likeness (QED) is 0.813. The average Bonchev–Trinajstić information content (AvgIpc) is 3.17. The number of carbonyl (C=O) groups is 1. The zero-order valence-electron chi connectivity index (χ0n) is 16.5. The number of methoxy groups -OCH3 is 2. The average molecular weight is 387 g/mol. The predicted molar refractivity (Wildman–Crippen MR) is 106 cm³/mol. The summed E-state index contributed by atoms with van der Waals surface area (Å²) in [6.07, 6.45) is 0.604. The normalized spacial score (nSPS) is 15.9. The Morgan fingerprint density at radius 1 is 1.18 bits per heavy atom. The molecule has 1 aliphatic rings. The topological polar surface area (TPSA) is 89.1 Å². The number of benzene rings is 1. The van der Waals surface area contributed by atoms with Crippen molar-refractivity contribution in [2.75, 3.05) is 51.6 Å². The molecule has 1 unspecified atom stereocenters. The number of ether oxygens (including phenoxy) is 3. The highest BCUT2D eigenvalue weighted by Crippen LogP contribution is 2.29.